The summed E-state index contributed by atoms with van der Waals surface area (Å²) in [5, 5.41) is 12.5. The number of ether oxygens (including phenoxy) is 1. The highest BCUT2D eigenvalue weighted by Crippen LogP contribution is 2.29. The van der Waals surface area contributed by atoms with E-state index in [1.54, 1.807) is 6.20 Å². The summed E-state index contributed by atoms with van der Waals surface area (Å²) in [6.45, 7) is 0.825. The second-order valence-corrected chi connectivity index (χ2v) is 4.84. The largest absolute Gasteiger partial charge is 0.388 e. The monoisotopic (exact) mass is 243 g/mol. The van der Waals surface area contributed by atoms with Crippen LogP contribution in [0, 0.1) is 0 Å². The van der Waals surface area contributed by atoms with Gasteiger partial charge in [-0.2, -0.15) is 0 Å². The molecular weight excluding hydrogens is 226 g/mol. The maximum atomic E-state index is 10.4. The van der Waals surface area contributed by atoms with Gasteiger partial charge in [0.2, 0.25) is 0 Å². The number of nitrogens with zero attached hydrogens (tertiary/aromatic N) is 1. The summed E-state index contributed by atoms with van der Waals surface area (Å²) < 4.78 is 5.58. The average Bonchev–Trinajstić information content (AvgIpc) is 2.91. The van der Waals surface area contributed by atoms with Crippen molar-refractivity contribution in [3.8, 4) is 0 Å². The molecule has 1 aliphatic rings. The van der Waals surface area contributed by atoms with Crippen molar-refractivity contribution >= 4 is 10.8 Å². The van der Waals surface area contributed by atoms with E-state index >= 15 is 0 Å². The minimum absolute atomic E-state index is 0.193. The first-order chi connectivity index (χ1) is 8.84. The highest BCUT2D eigenvalue weighted by molar-refractivity contribution is 5.84. The lowest BCUT2D eigenvalue weighted by Crippen LogP contribution is -2.11. The number of hydrogen-bond acceptors (Lipinski definition) is 3. The molecule has 3 nitrogen and oxygen atoms in total. The number of rotatable bonds is 3. The lowest BCUT2D eigenvalue weighted by atomic mass is 9.99. The number of aliphatic hydroxyl groups excluding tert-OH is 1. The van der Waals surface area contributed by atoms with E-state index in [2.05, 4.69) is 4.98 Å². The first-order valence-corrected chi connectivity index (χ1v) is 6.47. The maximum Gasteiger partial charge on any atom is 0.0835 e. The second kappa shape index (κ2) is 5.04. The Kier molecular flexibility index (Phi) is 3.26. The summed E-state index contributed by atoms with van der Waals surface area (Å²) in [6, 6.07) is 8.03. The van der Waals surface area contributed by atoms with Crippen LogP contribution >= 0.6 is 0 Å². The van der Waals surface area contributed by atoms with E-state index in [9.17, 15) is 5.11 Å². The molecule has 1 saturated heterocycles. The molecular formula is C15H17NO2. The topological polar surface area (TPSA) is 42.4 Å². The summed E-state index contributed by atoms with van der Waals surface area (Å²) in [5.74, 6) is 0. The summed E-state index contributed by atoms with van der Waals surface area (Å²) in [6.07, 6.45) is 6.11. The quantitative estimate of drug-likeness (QED) is 0.901. The van der Waals surface area contributed by atoms with Crippen molar-refractivity contribution in [2.24, 2.45) is 0 Å². The van der Waals surface area contributed by atoms with E-state index in [0.717, 1.165) is 35.8 Å². The van der Waals surface area contributed by atoms with Crippen molar-refractivity contribution in [3.63, 3.8) is 0 Å². The zero-order chi connectivity index (χ0) is 12.4. The molecule has 2 aromatic rings. The van der Waals surface area contributed by atoms with Crippen LogP contribution in [-0.2, 0) is 4.74 Å². The van der Waals surface area contributed by atoms with Crippen LogP contribution in [0.1, 0.15) is 30.9 Å². The molecule has 18 heavy (non-hydrogen) atoms. The lowest BCUT2D eigenvalue weighted by molar-refractivity contribution is 0.0539. The van der Waals surface area contributed by atoms with Crippen molar-refractivity contribution in [1.82, 2.24) is 4.98 Å². The third kappa shape index (κ3) is 2.24. The summed E-state index contributed by atoms with van der Waals surface area (Å²) in [4.78, 5) is 4.21. The highest BCUT2D eigenvalue weighted by Gasteiger charge is 2.21. The molecule has 1 aromatic heterocycles. The van der Waals surface area contributed by atoms with Crippen molar-refractivity contribution in [3.05, 3.63) is 42.2 Å². The Bertz CT molecular complexity index is 530. The van der Waals surface area contributed by atoms with Crippen LogP contribution in [0.5, 0.6) is 0 Å². The van der Waals surface area contributed by atoms with Gasteiger partial charge < -0.3 is 9.84 Å². The zero-order valence-electron chi connectivity index (χ0n) is 10.2. The van der Waals surface area contributed by atoms with Gasteiger partial charge in [0.25, 0.3) is 0 Å². The summed E-state index contributed by atoms with van der Waals surface area (Å²) in [7, 11) is 0. The molecule has 1 aliphatic heterocycles. The SMILES string of the molecule is OC(CC1CCCO1)c1cncc2ccccc12. The van der Waals surface area contributed by atoms with Crippen LogP contribution in [0.3, 0.4) is 0 Å². The number of pyridine rings is 1. The van der Waals surface area contributed by atoms with Crippen molar-refractivity contribution < 1.29 is 9.84 Å². The fourth-order valence-corrected chi connectivity index (χ4v) is 2.61. The minimum Gasteiger partial charge on any atom is -0.388 e. The number of aliphatic hydroxyl groups is 1. The molecule has 2 unspecified atom stereocenters. The van der Waals surface area contributed by atoms with Crippen molar-refractivity contribution in [2.45, 2.75) is 31.5 Å². The summed E-state index contributed by atoms with van der Waals surface area (Å²) >= 11 is 0. The third-order valence-electron chi connectivity index (χ3n) is 3.57. The molecule has 1 aromatic carbocycles. The van der Waals surface area contributed by atoms with Crippen LogP contribution < -0.4 is 0 Å². The predicted octanol–water partition coefficient (Wildman–Crippen LogP) is 2.84. The van der Waals surface area contributed by atoms with Crippen molar-refractivity contribution in [1.29, 1.82) is 0 Å². The van der Waals surface area contributed by atoms with Gasteiger partial charge in [-0.15, -0.1) is 0 Å². The van der Waals surface area contributed by atoms with E-state index < -0.39 is 6.10 Å². The molecule has 0 spiro atoms. The minimum atomic E-state index is -0.494. The predicted molar refractivity (Wildman–Crippen MR) is 70.3 cm³/mol. The maximum absolute atomic E-state index is 10.4. The Hall–Kier alpha value is -1.45. The van der Waals surface area contributed by atoms with Gasteiger partial charge in [0.15, 0.2) is 0 Å². The van der Waals surface area contributed by atoms with E-state index in [4.69, 9.17) is 4.74 Å². The molecule has 94 valence electrons. The van der Waals surface area contributed by atoms with E-state index in [-0.39, 0.29) is 6.10 Å². The third-order valence-corrected chi connectivity index (χ3v) is 3.57. The smallest absolute Gasteiger partial charge is 0.0835 e. The molecule has 0 aliphatic carbocycles. The number of fused-ring (bicyclic) bond motifs is 1. The van der Waals surface area contributed by atoms with Gasteiger partial charge in [0.05, 0.1) is 12.2 Å². The van der Waals surface area contributed by atoms with E-state index in [0.29, 0.717) is 6.42 Å². The van der Waals surface area contributed by atoms with E-state index in [1.807, 2.05) is 30.5 Å². The second-order valence-electron chi connectivity index (χ2n) is 4.84. The average molecular weight is 243 g/mol. The van der Waals surface area contributed by atoms with Gasteiger partial charge in [0.1, 0.15) is 0 Å². The Balaban J connectivity index is 1.88. The van der Waals surface area contributed by atoms with Gasteiger partial charge >= 0.3 is 0 Å². The normalized spacial score (nSPS) is 21.3. The fourth-order valence-electron chi connectivity index (χ4n) is 2.61. The van der Waals surface area contributed by atoms with Gasteiger partial charge in [-0.05, 0) is 18.2 Å². The molecule has 0 bridgehead atoms. The first kappa shape index (κ1) is 11.6. The van der Waals surface area contributed by atoms with Gasteiger partial charge in [0, 0.05) is 36.4 Å². The number of benzene rings is 1. The Morgan fingerprint density at radius 1 is 1.33 bits per heavy atom. The molecule has 2 atom stereocenters. The van der Waals surface area contributed by atoms with Gasteiger partial charge in [-0.25, -0.2) is 0 Å². The molecule has 3 heteroatoms. The number of aromatic nitrogens is 1. The Morgan fingerprint density at radius 2 is 2.22 bits per heavy atom. The first-order valence-electron chi connectivity index (χ1n) is 6.47. The standard InChI is InChI=1S/C15H17NO2/c17-15(8-12-5-3-7-18-12)14-10-16-9-11-4-1-2-6-13(11)14/h1-2,4,6,9-10,12,15,17H,3,5,7-8H2. The summed E-state index contributed by atoms with van der Waals surface area (Å²) in [5.41, 5.74) is 0.906. The Labute approximate surface area is 106 Å². The lowest BCUT2D eigenvalue weighted by Gasteiger charge is -2.16. The van der Waals surface area contributed by atoms with Crippen LogP contribution in [-0.4, -0.2) is 22.8 Å². The Morgan fingerprint density at radius 3 is 3.06 bits per heavy atom. The highest BCUT2D eigenvalue weighted by atomic mass is 16.5. The van der Waals surface area contributed by atoms with Crippen LogP contribution in [0.25, 0.3) is 10.8 Å². The van der Waals surface area contributed by atoms with Crippen LogP contribution in [0.15, 0.2) is 36.7 Å². The molecule has 3 rings (SSSR count). The molecule has 1 fully saturated rings. The van der Waals surface area contributed by atoms with Crippen molar-refractivity contribution in [2.75, 3.05) is 6.61 Å². The van der Waals surface area contributed by atoms with Gasteiger partial charge in [-0.1, -0.05) is 24.3 Å². The molecule has 1 N–H and O–H groups in total. The fraction of sp³-hybridized carbons (Fsp3) is 0.400. The van der Waals surface area contributed by atoms with Gasteiger partial charge in [-0.3, -0.25) is 4.98 Å². The van der Waals surface area contributed by atoms with E-state index in [1.165, 1.54) is 0 Å². The zero-order valence-corrected chi connectivity index (χ0v) is 10.2. The van der Waals surface area contributed by atoms with Crippen LogP contribution in [0.2, 0.25) is 0 Å². The molecule has 0 amide bonds. The molecule has 2 heterocycles. The number of hydrogen-bond donors (Lipinski definition) is 1. The molecule has 0 saturated carbocycles. The van der Waals surface area contributed by atoms with Crippen LogP contribution in [0.4, 0.5) is 0 Å². The molecule has 0 radical (unpaired) electrons.